The zero-order chi connectivity index (χ0) is 21.6. The molecule has 0 saturated carbocycles. The molecule has 0 aliphatic rings. The summed E-state index contributed by atoms with van der Waals surface area (Å²) in [5, 5.41) is 3.01. The first-order chi connectivity index (χ1) is 14.6. The summed E-state index contributed by atoms with van der Waals surface area (Å²) in [5.41, 5.74) is 14.2. The molecule has 0 spiro atoms. The molecule has 0 aliphatic heterocycles. The van der Waals surface area contributed by atoms with Crippen molar-refractivity contribution in [3.63, 3.8) is 0 Å². The van der Waals surface area contributed by atoms with Crippen LogP contribution in [0.5, 0.6) is 5.75 Å². The van der Waals surface area contributed by atoms with Gasteiger partial charge in [0.05, 0.1) is 7.11 Å². The minimum Gasteiger partial charge on any atom is -0.497 e. The number of methoxy groups -OCH3 is 1. The predicted octanol–water partition coefficient (Wildman–Crippen LogP) is 3.45. The molecule has 2 unspecified atom stereocenters. The average Bonchev–Trinajstić information content (AvgIpc) is 2.79. The van der Waals surface area contributed by atoms with Gasteiger partial charge in [-0.15, -0.1) is 0 Å². The quantitative estimate of drug-likeness (QED) is 0.444. The second-order valence-corrected chi connectivity index (χ2v) is 7.98. The number of amides is 1. The van der Waals surface area contributed by atoms with Crippen LogP contribution in [-0.2, 0) is 17.6 Å². The first-order valence-electron chi connectivity index (χ1n) is 11.0. The molecule has 0 heterocycles. The Morgan fingerprint density at radius 3 is 2.20 bits per heavy atom. The Labute approximate surface area is 181 Å². The van der Waals surface area contributed by atoms with Gasteiger partial charge in [0.2, 0.25) is 5.91 Å². The summed E-state index contributed by atoms with van der Waals surface area (Å²) >= 11 is 0. The summed E-state index contributed by atoms with van der Waals surface area (Å²) < 4.78 is 5.24. The third-order valence-electron chi connectivity index (χ3n) is 5.50. The zero-order valence-electron chi connectivity index (χ0n) is 18.2. The highest BCUT2D eigenvalue weighted by molar-refractivity contribution is 5.76. The molecule has 1 amide bonds. The van der Waals surface area contributed by atoms with E-state index < -0.39 is 0 Å². The van der Waals surface area contributed by atoms with E-state index in [0.717, 1.165) is 44.3 Å². The Balaban J connectivity index is 1.87. The number of nitrogens with one attached hydrogen (secondary N) is 1. The van der Waals surface area contributed by atoms with Gasteiger partial charge >= 0.3 is 0 Å². The Morgan fingerprint density at radius 2 is 1.60 bits per heavy atom. The molecular formula is C25H37N3O2. The maximum atomic E-state index is 12.5. The molecule has 0 bridgehead atoms. The monoisotopic (exact) mass is 411 g/mol. The molecule has 0 saturated heterocycles. The van der Waals surface area contributed by atoms with Crippen LogP contribution in [-0.4, -0.2) is 32.1 Å². The standard InChI is InChI=1S/C25H37N3O2/c1-30-24-15-13-21(14-16-24)10-12-22(11-9-20-6-3-2-4-7-20)18-25(29)28-19-23(27)8-5-17-26/h2-4,6-7,13-16,22-23H,5,8-12,17-19,26-27H2,1H3,(H,28,29). The van der Waals surface area contributed by atoms with E-state index in [1.165, 1.54) is 11.1 Å². The molecule has 30 heavy (non-hydrogen) atoms. The molecule has 0 aliphatic carbocycles. The average molecular weight is 412 g/mol. The van der Waals surface area contributed by atoms with E-state index in [-0.39, 0.29) is 11.9 Å². The first kappa shape index (κ1) is 23.9. The third kappa shape index (κ3) is 9.42. The maximum Gasteiger partial charge on any atom is 0.220 e. The van der Waals surface area contributed by atoms with Gasteiger partial charge in [0.1, 0.15) is 5.75 Å². The maximum absolute atomic E-state index is 12.5. The summed E-state index contributed by atoms with van der Waals surface area (Å²) in [7, 11) is 1.68. The van der Waals surface area contributed by atoms with Gasteiger partial charge in [-0.1, -0.05) is 42.5 Å². The number of aryl methyl sites for hydroxylation is 2. The van der Waals surface area contributed by atoms with Crippen molar-refractivity contribution in [3.05, 3.63) is 65.7 Å². The van der Waals surface area contributed by atoms with Crippen molar-refractivity contribution in [2.45, 2.75) is 51.0 Å². The van der Waals surface area contributed by atoms with Crippen LogP contribution in [0.1, 0.15) is 43.2 Å². The third-order valence-corrected chi connectivity index (χ3v) is 5.50. The summed E-state index contributed by atoms with van der Waals surface area (Å²) in [6, 6.07) is 18.6. The van der Waals surface area contributed by atoms with Crippen LogP contribution in [0, 0.1) is 5.92 Å². The Hall–Kier alpha value is -2.37. The SMILES string of the molecule is COc1ccc(CCC(CCc2ccccc2)CC(=O)NCC(N)CCCN)cc1. The number of hydrogen-bond donors (Lipinski definition) is 3. The normalized spacial score (nSPS) is 12.9. The van der Waals surface area contributed by atoms with Crippen molar-refractivity contribution in [3.8, 4) is 5.75 Å². The lowest BCUT2D eigenvalue weighted by molar-refractivity contribution is -0.122. The lowest BCUT2D eigenvalue weighted by Crippen LogP contribution is -2.38. The van der Waals surface area contributed by atoms with Crippen LogP contribution in [0.3, 0.4) is 0 Å². The number of nitrogens with two attached hydrogens (primary N) is 2. The number of benzene rings is 2. The summed E-state index contributed by atoms with van der Waals surface area (Å²) in [6.07, 6.45) is 6.17. The van der Waals surface area contributed by atoms with Gasteiger partial charge in [0, 0.05) is 19.0 Å². The van der Waals surface area contributed by atoms with Crippen LogP contribution in [0.4, 0.5) is 0 Å². The number of ether oxygens (including phenoxy) is 1. The van der Waals surface area contributed by atoms with E-state index >= 15 is 0 Å². The number of carbonyl (C=O) groups excluding carboxylic acids is 1. The van der Waals surface area contributed by atoms with Gasteiger partial charge in [-0.2, -0.15) is 0 Å². The smallest absolute Gasteiger partial charge is 0.220 e. The molecule has 2 aromatic carbocycles. The van der Waals surface area contributed by atoms with Crippen molar-refractivity contribution < 1.29 is 9.53 Å². The summed E-state index contributed by atoms with van der Waals surface area (Å²) in [4.78, 5) is 12.5. The minimum absolute atomic E-state index is 0.0282. The summed E-state index contributed by atoms with van der Waals surface area (Å²) in [6.45, 7) is 1.15. The molecular weight excluding hydrogens is 374 g/mol. The van der Waals surface area contributed by atoms with E-state index in [1.807, 2.05) is 18.2 Å². The highest BCUT2D eigenvalue weighted by atomic mass is 16.5. The fraction of sp³-hybridized carbons (Fsp3) is 0.480. The second kappa shape index (κ2) is 13.8. The van der Waals surface area contributed by atoms with E-state index in [0.29, 0.717) is 25.4 Å². The van der Waals surface area contributed by atoms with E-state index in [9.17, 15) is 4.79 Å². The second-order valence-electron chi connectivity index (χ2n) is 7.98. The Morgan fingerprint density at radius 1 is 0.967 bits per heavy atom. The molecule has 0 fully saturated rings. The number of rotatable bonds is 14. The fourth-order valence-corrected chi connectivity index (χ4v) is 3.59. The van der Waals surface area contributed by atoms with Gasteiger partial charge in [-0.05, 0) is 74.2 Å². The highest BCUT2D eigenvalue weighted by Crippen LogP contribution is 2.21. The van der Waals surface area contributed by atoms with Crippen LogP contribution >= 0.6 is 0 Å². The molecule has 164 valence electrons. The Kier molecular flexibility index (Phi) is 11.0. The lowest BCUT2D eigenvalue weighted by Gasteiger charge is -2.18. The van der Waals surface area contributed by atoms with Gasteiger partial charge in [-0.25, -0.2) is 0 Å². The van der Waals surface area contributed by atoms with Crippen molar-refractivity contribution in [2.75, 3.05) is 20.2 Å². The van der Waals surface area contributed by atoms with Crippen molar-refractivity contribution in [2.24, 2.45) is 17.4 Å². The highest BCUT2D eigenvalue weighted by Gasteiger charge is 2.15. The molecule has 2 aromatic rings. The fourth-order valence-electron chi connectivity index (χ4n) is 3.59. The molecule has 0 aromatic heterocycles. The minimum atomic E-state index is -0.0282. The van der Waals surface area contributed by atoms with Crippen molar-refractivity contribution >= 4 is 5.91 Å². The van der Waals surface area contributed by atoms with Crippen LogP contribution in [0.25, 0.3) is 0 Å². The topological polar surface area (TPSA) is 90.4 Å². The predicted molar refractivity (Wildman–Crippen MR) is 123 cm³/mol. The first-order valence-corrected chi connectivity index (χ1v) is 11.0. The number of hydrogen-bond acceptors (Lipinski definition) is 4. The van der Waals surface area contributed by atoms with Gasteiger partial charge < -0.3 is 21.5 Å². The van der Waals surface area contributed by atoms with Gasteiger partial charge in [0.25, 0.3) is 0 Å². The van der Waals surface area contributed by atoms with Crippen LogP contribution < -0.4 is 21.5 Å². The van der Waals surface area contributed by atoms with E-state index in [1.54, 1.807) is 7.11 Å². The molecule has 2 atom stereocenters. The molecule has 0 radical (unpaired) electrons. The molecule has 2 rings (SSSR count). The van der Waals surface area contributed by atoms with Gasteiger partial charge in [0.15, 0.2) is 0 Å². The van der Waals surface area contributed by atoms with Crippen molar-refractivity contribution in [1.82, 2.24) is 5.32 Å². The lowest BCUT2D eigenvalue weighted by atomic mass is 9.90. The van der Waals surface area contributed by atoms with E-state index in [4.69, 9.17) is 16.2 Å². The largest absolute Gasteiger partial charge is 0.497 e. The van der Waals surface area contributed by atoms with E-state index in [2.05, 4.69) is 41.7 Å². The molecule has 5 N–H and O–H groups in total. The van der Waals surface area contributed by atoms with Crippen LogP contribution in [0.15, 0.2) is 54.6 Å². The van der Waals surface area contributed by atoms with Crippen molar-refractivity contribution in [1.29, 1.82) is 0 Å². The summed E-state index contributed by atoms with van der Waals surface area (Å²) in [5.74, 6) is 1.28. The molecule has 5 heteroatoms. The number of carbonyl (C=O) groups is 1. The van der Waals surface area contributed by atoms with Crippen LogP contribution in [0.2, 0.25) is 0 Å². The molecule has 5 nitrogen and oxygen atoms in total. The van der Waals surface area contributed by atoms with Gasteiger partial charge in [-0.3, -0.25) is 4.79 Å². The zero-order valence-corrected chi connectivity index (χ0v) is 18.2. The Bertz CT molecular complexity index is 719.